The molecule has 0 aliphatic heterocycles. The van der Waals surface area contributed by atoms with Gasteiger partial charge in [-0.15, -0.1) is 0 Å². The fraction of sp³-hybridized carbons (Fsp3) is 0.455. The molecule has 0 unspecified atom stereocenters. The molecule has 0 saturated heterocycles. The number of sulfone groups is 1. The Morgan fingerprint density at radius 1 is 1.31 bits per heavy atom. The summed E-state index contributed by atoms with van der Waals surface area (Å²) in [5.74, 6) is 0.373. The van der Waals surface area contributed by atoms with Gasteiger partial charge in [-0.1, -0.05) is 25.1 Å². The van der Waals surface area contributed by atoms with Gasteiger partial charge >= 0.3 is 0 Å². The van der Waals surface area contributed by atoms with Crippen LogP contribution in [-0.2, 0) is 16.4 Å². The van der Waals surface area contributed by atoms with Crippen LogP contribution in [0.3, 0.4) is 0 Å². The van der Waals surface area contributed by atoms with Crippen LogP contribution < -0.4 is 11.1 Å². The SMILES string of the molecule is CCS(=O)(=O)CCNCc1ccccc1N. The number of hydrogen-bond acceptors (Lipinski definition) is 4. The van der Waals surface area contributed by atoms with Crippen LogP contribution in [0, 0.1) is 0 Å². The number of benzene rings is 1. The standard InChI is InChI=1S/C11H18N2O2S/c1-2-16(14,15)8-7-13-9-10-5-3-4-6-11(10)12/h3-6,13H,2,7-9,12H2,1H3. The van der Waals surface area contributed by atoms with Gasteiger partial charge < -0.3 is 11.1 Å². The molecule has 90 valence electrons. The molecular weight excluding hydrogens is 224 g/mol. The fourth-order valence-corrected chi connectivity index (χ4v) is 2.03. The van der Waals surface area contributed by atoms with Crippen LogP contribution in [-0.4, -0.2) is 26.5 Å². The van der Waals surface area contributed by atoms with Gasteiger partial charge in [0.05, 0.1) is 5.75 Å². The molecule has 0 aliphatic carbocycles. The Hall–Kier alpha value is -1.07. The summed E-state index contributed by atoms with van der Waals surface area (Å²) in [7, 11) is -2.88. The fourth-order valence-electron chi connectivity index (χ4n) is 1.29. The monoisotopic (exact) mass is 242 g/mol. The summed E-state index contributed by atoms with van der Waals surface area (Å²) in [6.45, 7) is 2.72. The van der Waals surface area contributed by atoms with E-state index in [0.717, 1.165) is 11.3 Å². The highest BCUT2D eigenvalue weighted by atomic mass is 32.2. The second-order valence-corrected chi connectivity index (χ2v) is 6.08. The third-order valence-corrected chi connectivity index (χ3v) is 4.11. The quantitative estimate of drug-likeness (QED) is 0.571. The van der Waals surface area contributed by atoms with Crippen molar-refractivity contribution < 1.29 is 8.42 Å². The number of hydrogen-bond donors (Lipinski definition) is 2. The van der Waals surface area contributed by atoms with E-state index in [2.05, 4.69) is 5.32 Å². The highest BCUT2D eigenvalue weighted by molar-refractivity contribution is 7.91. The van der Waals surface area contributed by atoms with Gasteiger partial charge in [-0.3, -0.25) is 0 Å². The maximum absolute atomic E-state index is 11.2. The smallest absolute Gasteiger partial charge is 0.151 e. The molecule has 0 heterocycles. The number of nitrogens with two attached hydrogens (primary N) is 1. The minimum absolute atomic E-state index is 0.177. The van der Waals surface area contributed by atoms with Crippen molar-refractivity contribution in [1.29, 1.82) is 0 Å². The van der Waals surface area contributed by atoms with Crippen LogP contribution in [0.1, 0.15) is 12.5 Å². The molecule has 0 saturated carbocycles. The maximum Gasteiger partial charge on any atom is 0.151 e. The molecule has 0 bridgehead atoms. The first-order valence-corrected chi connectivity index (χ1v) is 7.12. The zero-order chi connectivity index (χ0) is 12.0. The molecule has 0 amide bonds. The van der Waals surface area contributed by atoms with E-state index in [1.165, 1.54) is 0 Å². The summed E-state index contributed by atoms with van der Waals surface area (Å²) in [5, 5.41) is 3.07. The molecular formula is C11H18N2O2S. The molecule has 4 nitrogen and oxygen atoms in total. The van der Waals surface area contributed by atoms with E-state index in [4.69, 9.17) is 5.73 Å². The molecule has 0 atom stereocenters. The highest BCUT2D eigenvalue weighted by Crippen LogP contribution is 2.09. The van der Waals surface area contributed by atoms with Crippen molar-refractivity contribution in [3.8, 4) is 0 Å². The van der Waals surface area contributed by atoms with E-state index in [1.54, 1.807) is 6.92 Å². The Labute approximate surface area is 96.8 Å². The second-order valence-electron chi connectivity index (χ2n) is 3.61. The zero-order valence-electron chi connectivity index (χ0n) is 9.44. The van der Waals surface area contributed by atoms with Crippen LogP contribution in [0.15, 0.2) is 24.3 Å². The summed E-state index contributed by atoms with van der Waals surface area (Å²) < 4.78 is 22.4. The average molecular weight is 242 g/mol. The summed E-state index contributed by atoms with van der Waals surface area (Å²) in [6, 6.07) is 7.55. The van der Waals surface area contributed by atoms with Crippen molar-refractivity contribution >= 4 is 15.5 Å². The molecule has 1 aromatic rings. The lowest BCUT2D eigenvalue weighted by molar-refractivity contribution is 0.592. The molecule has 1 rings (SSSR count). The Morgan fingerprint density at radius 2 is 2.00 bits per heavy atom. The second kappa shape index (κ2) is 5.86. The predicted molar refractivity (Wildman–Crippen MR) is 66.9 cm³/mol. The molecule has 5 heteroatoms. The minimum Gasteiger partial charge on any atom is -0.398 e. The van der Waals surface area contributed by atoms with Gasteiger partial charge in [0, 0.05) is 24.5 Å². The van der Waals surface area contributed by atoms with Crippen LogP contribution in [0.4, 0.5) is 5.69 Å². The van der Waals surface area contributed by atoms with Crippen LogP contribution in [0.5, 0.6) is 0 Å². The van der Waals surface area contributed by atoms with E-state index in [1.807, 2.05) is 24.3 Å². The minimum atomic E-state index is -2.88. The van der Waals surface area contributed by atoms with Crippen LogP contribution >= 0.6 is 0 Å². The van der Waals surface area contributed by atoms with Gasteiger partial charge in [0.2, 0.25) is 0 Å². The van der Waals surface area contributed by atoms with E-state index >= 15 is 0 Å². The van der Waals surface area contributed by atoms with E-state index in [0.29, 0.717) is 13.1 Å². The lowest BCUT2D eigenvalue weighted by Gasteiger charge is -2.07. The molecule has 16 heavy (non-hydrogen) atoms. The van der Waals surface area contributed by atoms with Gasteiger partial charge in [0.15, 0.2) is 9.84 Å². The summed E-state index contributed by atoms with van der Waals surface area (Å²) in [6.07, 6.45) is 0. The average Bonchev–Trinajstić information content (AvgIpc) is 2.27. The van der Waals surface area contributed by atoms with Gasteiger partial charge in [0.25, 0.3) is 0 Å². The molecule has 1 aromatic carbocycles. The Morgan fingerprint density at radius 3 is 2.62 bits per heavy atom. The lowest BCUT2D eigenvalue weighted by Crippen LogP contribution is -2.23. The number of nitrogen functional groups attached to an aromatic ring is 1. The van der Waals surface area contributed by atoms with E-state index in [-0.39, 0.29) is 11.5 Å². The highest BCUT2D eigenvalue weighted by Gasteiger charge is 2.06. The topological polar surface area (TPSA) is 72.2 Å². The predicted octanol–water partition coefficient (Wildman–Crippen LogP) is 0.793. The van der Waals surface area contributed by atoms with Crippen molar-refractivity contribution in [2.75, 3.05) is 23.8 Å². The summed E-state index contributed by atoms with van der Waals surface area (Å²) >= 11 is 0. The van der Waals surface area contributed by atoms with Gasteiger partial charge in [-0.25, -0.2) is 8.42 Å². The molecule has 0 spiro atoms. The van der Waals surface area contributed by atoms with E-state index in [9.17, 15) is 8.42 Å². The van der Waals surface area contributed by atoms with Gasteiger partial charge in [0.1, 0.15) is 0 Å². The van der Waals surface area contributed by atoms with Crippen molar-refractivity contribution in [2.45, 2.75) is 13.5 Å². The van der Waals surface area contributed by atoms with Crippen molar-refractivity contribution in [3.05, 3.63) is 29.8 Å². The molecule has 0 aromatic heterocycles. The maximum atomic E-state index is 11.2. The number of anilines is 1. The Kier molecular flexibility index (Phi) is 4.76. The van der Waals surface area contributed by atoms with E-state index < -0.39 is 9.84 Å². The third kappa shape index (κ3) is 4.20. The van der Waals surface area contributed by atoms with Crippen LogP contribution in [0.2, 0.25) is 0 Å². The zero-order valence-corrected chi connectivity index (χ0v) is 10.3. The van der Waals surface area contributed by atoms with Crippen LogP contribution in [0.25, 0.3) is 0 Å². The first kappa shape index (κ1) is 13.0. The molecule has 0 aliphatic rings. The first-order chi connectivity index (χ1) is 7.55. The number of rotatable bonds is 6. The lowest BCUT2D eigenvalue weighted by atomic mass is 10.2. The summed E-state index contributed by atoms with van der Waals surface area (Å²) in [4.78, 5) is 0. The molecule has 0 radical (unpaired) electrons. The third-order valence-electron chi connectivity index (χ3n) is 2.40. The first-order valence-electron chi connectivity index (χ1n) is 5.29. The van der Waals surface area contributed by atoms with Gasteiger partial charge in [-0.05, 0) is 11.6 Å². The summed E-state index contributed by atoms with van der Waals surface area (Å²) in [5.41, 5.74) is 7.48. The van der Waals surface area contributed by atoms with Crippen molar-refractivity contribution in [3.63, 3.8) is 0 Å². The Balaban J connectivity index is 2.35. The normalized spacial score (nSPS) is 11.6. The molecule has 3 N–H and O–H groups in total. The van der Waals surface area contributed by atoms with Crippen molar-refractivity contribution in [2.24, 2.45) is 0 Å². The van der Waals surface area contributed by atoms with Crippen molar-refractivity contribution in [1.82, 2.24) is 5.32 Å². The largest absolute Gasteiger partial charge is 0.398 e. The van der Waals surface area contributed by atoms with Gasteiger partial charge in [-0.2, -0.15) is 0 Å². The number of para-hydroxylation sites is 1. The number of nitrogens with one attached hydrogen (secondary N) is 1. The Bertz CT molecular complexity index is 429. The molecule has 0 fully saturated rings.